The van der Waals surface area contributed by atoms with E-state index in [4.69, 9.17) is 10.8 Å². The second-order valence-electron chi connectivity index (χ2n) is 9.00. The lowest BCUT2D eigenvalue weighted by Gasteiger charge is -2.22. The molecule has 1 saturated carbocycles. The maximum Gasteiger partial charge on any atom is 0.195 e. The maximum atomic E-state index is 12.6. The number of sulfone groups is 1. The van der Waals surface area contributed by atoms with Gasteiger partial charge >= 0.3 is 0 Å². The van der Waals surface area contributed by atoms with Gasteiger partial charge in [0.25, 0.3) is 0 Å². The van der Waals surface area contributed by atoms with Crippen LogP contribution in [0.5, 0.6) is 0 Å². The van der Waals surface area contributed by atoms with Crippen molar-refractivity contribution < 1.29 is 13.5 Å². The fourth-order valence-electron chi connectivity index (χ4n) is 3.76. The predicted molar refractivity (Wildman–Crippen MR) is 118 cm³/mol. The number of hydrogen-bond donors (Lipinski definition) is 3. The summed E-state index contributed by atoms with van der Waals surface area (Å²) >= 11 is 0. The average molecular weight is 436 g/mol. The molecule has 1 fully saturated rings. The number of rotatable bonds is 8. The zero-order valence-electron chi connectivity index (χ0n) is 18.0. The normalized spacial score (nSPS) is 19.9. The number of anilines is 2. The number of nitrogens with two attached hydrogens (primary N) is 1. The molecule has 1 aliphatic rings. The Balaban J connectivity index is 1.86. The monoisotopic (exact) mass is 435 g/mol. The van der Waals surface area contributed by atoms with Crippen LogP contribution in [0, 0.1) is 0 Å². The van der Waals surface area contributed by atoms with Gasteiger partial charge in [0, 0.05) is 12.0 Å². The van der Waals surface area contributed by atoms with Gasteiger partial charge in [0.2, 0.25) is 0 Å². The molecule has 0 unspecified atom stereocenters. The largest absolute Gasteiger partial charge is 0.393 e. The molecular formula is C21H33N5O3S. The summed E-state index contributed by atoms with van der Waals surface area (Å²) in [6.45, 7) is 6.65. The van der Waals surface area contributed by atoms with Crippen molar-refractivity contribution in [2.24, 2.45) is 5.73 Å². The molecule has 0 spiro atoms. The van der Waals surface area contributed by atoms with Crippen LogP contribution in [0.3, 0.4) is 0 Å². The lowest BCUT2D eigenvalue weighted by Crippen LogP contribution is -2.25. The third-order valence-corrected chi connectivity index (χ3v) is 7.04. The molecule has 0 saturated heterocycles. The number of nitrogens with zero attached hydrogens (tertiary/aromatic N) is 3. The summed E-state index contributed by atoms with van der Waals surface area (Å²) in [5.74, 6) is 1.48. The van der Waals surface area contributed by atoms with Crippen molar-refractivity contribution in [3.63, 3.8) is 0 Å². The summed E-state index contributed by atoms with van der Waals surface area (Å²) < 4.78 is 27.0. The fraction of sp³-hybridized carbons (Fsp3) is 0.619. The molecule has 0 amide bonds. The molecule has 1 aliphatic carbocycles. The minimum absolute atomic E-state index is 0.0364. The van der Waals surface area contributed by atoms with E-state index >= 15 is 0 Å². The molecule has 8 nitrogen and oxygen atoms in total. The first-order valence-corrected chi connectivity index (χ1v) is 12.2. The van der Waals surface area contributed by atoms with E-state index in [1.165, 1.54) is 6.07 Å². The maximum absolute atomic E-state index is 12.6. The first-order chi connectivity index (χ1) is 14.1. The minimum atomic E-state index is -3.46. The standard InChI is InChI=1S/C21H33N5O3S/c1-21(2,3)26-19(14-17(25-26)15-9-10-16(27)13-15)23-18-7-6-8-20(24-18)30(28,29)12-5-4-11-22/h6-8,14-16,27H,4-5,9-13,22H2,1-3H3,(H,23,24)/t15-,16+/m0/s1. The van der Waals surface area contributed by atoms with Gasteiger partial charge in [0.05, 0.1) is 23.1 Å². The first-order valence-electron chi connectivity index (χ1n) is 10.6. The summed E-state index contributed by atoms with van der Waals surface area (Å²) in [5, 5.41) is 18.0. The van der Waals surface area contributed by atoms with Crippen LogP contribution in [0.2, 0.25) is 0 Å². The van der Waals surface area contributed by atoms with Gasteiger partial charge in [-0.3, -0.25) is 0 Å². The highest BCUT2D eigenvalue weighted by atomic mass is 32.2. The van der Waals surface area contributed by atoms with E-state index in [0.29, 0.717) is 25.2 Å². The van der Waals surface area contributed by atoms with E-state index in [1.807, 2.05) is 10.7 Å². The predicted octanol–water partition coefficient (Wildman–Crippen LogP) is 2.92. The molecule has 0 radical (unpaired) electrons. The number of aliphatic hydroxyl groups is 1. The van der Waals surface area contributed by atoms with Gasteiger partial charge in [-0.25, -0.2) is 18.1 Å². The number of pyridine rings is 1. The molecule has 0 aliphatic heterocycles. The van der Waals surface area contributed by atoms with Gasteiger partial charge in [-0.2, -0.15) is 5.10 Å². The zero-order chi connectivity index (χ0) is 21.9. The summed E-state index contributed by atoms with van der Waals surface area (Å²) in [6, 6.07) is 6.95. The van der Waals surface area contributed by atoms with Crippen molar-refractivity contribution in [2.45, 2.75) is 75.5 Å². The minimum Gasteiger partial charge on any atom is -0.393 e. The average Bonchev–Trinajstić information content (AvgIpc) is 3.28. The van der Waals surface area contributed by atoms with Crippen molar-refractivity contribution in [2.75, 3.05) is 17.6 Å². The van der Waals surface area contributed by atoms with Gasteiger partial charge in [0.15, 0.2) is 14.9 Å². The molecule has 0 bridgehead atoms. The van der Waals surface area contributed by atoms with E-state index < -0.39 is 9.84 Å². The van der Waals surface area contributed by atoms with Crippen LogP contribution in [0.15, 0.2) is 29.3 Å². The van der Waals surface area contributed by atoms with Crippen molar-refractivity contribution >= 4 is 21.5 Å². The number of unbranched alkanes of at least 4 members (excludes halogenated alkanes) is 1. The quantitative estimate of drug-likeness (QED) is 0.545. The molecule has 2 heterocycles. The highest BCUT2D eigenvalue weighted by molar-refractivity contribution is 7.91. The Labute approximate surface area is 178 Å². The number of aliphatic hydroxyl groups excluding tert-OH is 1. The first kappa shape index (κ1) is 22.7. The van der Waals surface area contributed by atoms with Crippen LogP contribution in [0.1, 0.15) is 64.5 Å². The lowest BCUT2D eigenvalue weighted by molar-refractivity contribution is 0.181. The molecule has 30 heavy (non-hydrogen) atoms. The summed E-state index contributed by atoms with van der Waals surface area (Å²) in [4.78, 5) is 4.35. The van der Waals surface area contributed by atoms with Gasteiger partial charge in [0.1, 0.15) is 11.6 Å². The molecule has 2 aromatic rings. The van der Waals surface area contributed by atoms with E-state index in [-0.39, 0.29) is 28.3 Å². The molecular weight excluding hydrogens is 402 g/mol. The number of hydrogen-bond acceptors (Lipinski definition) is 7. The Morgan fingerprint density at radius 2 is 2.03 bits per heavy atom. The van der Waals surface area contributed by atoms with E-state index in [1.54, 1.807) is 12.1 Å². The van der Waals surface area contributed by atoms with Crippen molar-refractivity contribution in [3.05, 3.63) is 30.0 Å². The van der Waals surface area contributed by atoms with E-state index in [9.17, 15) is 13.5 Å². The molecule has 2 atom stereocenters. The third kappa shape index (κ3) is 5.39. The Hall–Kier alpha value is -1.97. The Kier molecular flexibility index (Phi) is 6.84. The molecule has 3 rings (SSSR count). The third-order valence-electron chi connectivity index (χ3n) is 5.35. The van der Waals surface area contributed by atoms with Crippen LogP contribution in [-0.4, -0.2) is 46.7 Å². The van der Waals surface area contributed by atoms with Gasteiger partial charge in [-0.15, -0.1) is 0 Å². The highest BCUT2D eigenvalue weighted by Gasteiger charge is 2.29. The number of aromatic nitrogens is 3. The zero-order valence-corrected chi connectivity index (χ0v) is 18.8. The highest BCUT2D eigenvalue weighted by Crippen LogP contribution is 2.36. The Morgan fingerprint density at radius 1 is 1.27 bits per heavy atom. The van der Waals surface area contributed by atoms with Gasteiger partial charge in [-0.05, 0) is 71.6 Å². The van der Waals surface area contributed by atoms with E-state index in [2.05, 4.69) is 31.1 Å². The lowest BCUT2D eigenvalue weighted by atomic mass is 10.0. The molecule has 2 aromatic heterocycles. The SMILES string of the molecule is CC(C)(C)n1nc([C@H]2CC[C@@H](O)C2)cc1Nc1cccc(S(=O)(=O)CCCCN)n1. The van der Waals surface area contributed by atoms with Crippen LogP contribution in [0.25, 0.3) is 0 Å². The Morgan fingerprint density at radius 3 is 2.67 bits per heavy atom. The molecule has 4 N–H and O–H groups in total. The molecule has 9 heteroatoms. The molecule has 166 valence electrons. The number of nitrogens with one attached hydrogen (secondary N) is 1. The van der Waals surface area contributed by atoms with E-state index in [0.717, 1.165) is 30.8 Å². The van der Waals surface area contributed by atoms with Crippen molar-refractivity contribution in [3.8, 4) is 0 Å². The molecule has 0 aromatic carbocycles. The van der Waals surface area contributed by atoms with Crippen LogP contribution >= 0.6 is 0 Å². The topological polar surface area (TPSA) is 123 Å². The Bertz CT molecular complexity index is 965. The summed E-state index contributed by atoms with van der Waals surface area (Å²) in [5.41, 5.74) is 6.13. The second kappa shape index (κ2) is 9.03. The summed E-state index contributed by atoms with van der Waals surface area (Å²) in [7, 11) is -3.46. The van der Waals surface area contributed by atoms with Crippen LogP contribution in [-0.2, 0) is 15.4 Å². The second-order valence-corrected chi connectivity index (χ2v) is 11.1. The smallest absolute Gasteiger partial charge is 0.195 e. The van der Waals surface area contributed by atoms with Crippen LogP contribution < -0.4 is 11.1 Å². The summed E-state index contributed by atoms with van der Waals surface area (Å²) in [6.07, 6.45) is 3.34. The van der Waals surface area contributed by atoms with Crippen molar-refractivity contribution in [1.82, 2.24) is 14.8 Å². The van der Waals surface area contributed by atoms with Crippen LogP contribution in [0.4, 0.5) is 11.6 Å². The van der Waals surface area contributed by atoms with Gasteiger partial charge in [-0.1, -0.05) is 6.07 Å². The van der Waals surface area contributed by atoms with Gasteiger partial charge < -0.3 is 16.2 Å². The fourth-order valence-corrected chi connectivity index (χ4v) is 5.07. The van der Waals surface area contributed by atoms with Crippen molar-refractivity contribution in [1.29, 1.82) is 0 Å².